The molecule has 0 saturated heterocycles. The maximum Gasteiger partial charge on any atom is 0.265 e. The summed E-state index contributed by atoms with van der Waals surface area (Å²) >= 11 is 0. The van der Waals surface area contributed by atoms with Gasteiger partial charge in [0.25, 0.3) is 22.8 Å². The van der Waals surface area contributed by atoms with Crippen molar-refractivity contribution in [3.05, 3.63) is 329 Å². The van der Waals surface area contributed by atoms with Crippen molar-refractivity contribution >= 4 is 46.6 Å². The number of hydrogen-bond acceptors (Lipinski definition) is 20. The molecule has 0 aliphatic carbocycles. The number of benzene rings is 8. The van der Waals surface area contributed by atoms with Gasteiger partial charge in [0, 0.05) is 0 Å². The molecule has 0 bridgehead atoms. The van der Waals surface area contributed by atoms with E-state index in [0.29, 0.717) is 61.9 Å². The molecule has 648 valence electrons. The van der Waals surface area contributed by atoms with E-state index >= 15 is 0 Å². The third kappa shape index (κ3) is 41.2. The number of rotatable bonds is 36. The van der Waals surface area contributed by atoms with Gasteiger partial charge in [-0.3, -0.25) is 0 Å². The number of ether oxygens (including phenoxy) is 8. The zero-order chi connectivity index (χ0) is 95.3. The Bertz CT molecular complexity index is 5680. The maximum atomic E-state index is 8.97. The molecule has 0 radical (unpaired) electrons. The first-order valence-electron chi connectivity index (χ1n) is 41.1. The molecule has 24 nitrogen and oxygen atoms in total. The lowest BCUT2D eigenvalue weighted by molar-refractivity contribution is 0.266. The second-order valence-electron chi connectivity index (χ2n) is 27.1. The topological polar surface area (TPSA) is 377 Å². The largest absolute Gasteiger partial charge is 0.494 e. The highest BCUT2D eigenvalue weighted by Gasteiger charge is 2.11. The van der Waals surface area contributed by atoms with Crippen molar-refractivity contribution in [2.24, 2.45) is 0 Å². The lowest BCUT2D eigenvalue weighted by Gasteiger charge is -2.09. The number of nitriles is 12. The van der Waals surface area contributed by atoms with E-state index in [1.54, 1.807) is 94.4 Å². The van der Waals surface area contributed by atoms with Gasteiger partial charge in [-0.1, -0.05) is 137 Å². The van der Waals surface area contributed by atoms with Crippen LogP contribution in [0.2, 0.25) is 0 Å². The van der Waals surface area contributed by atoms with Gasteiger partial charge >= 0.3 is 0 Å². The maximum absolute atomic E-state index is 8.97. The number of allylic oxidation sites excluding steroid dienone is 12. The summed E-state index contributed by atoms with van der Waals surface area (Å²) in [4.78, 5) is 12.7. The number of hydrogen-bond donors (Lipinski definition) is 0. The molecular weight excluding hydrogens is 1630 g/mol. The van der Waals surface area contributed by atoms with Crippen molar-refractivity contribution in [2.45, 2.75) is 120 Å². The molecule has 8 rings (SSSR count). The number of unbranched alkanes of at least 4 members (excludes halogenated alkanes) is 6. The highest BCUT2D eigenvalue weighted by Crippen LogP contribution is 2.28. The molecule has 0 aliphatic heterocycles. The molecule has 0 spiro atoms. The first-order chi connectivity index (χ1) is 63.2. The van der Waals surface area contributed by atoms with Crippen molar-refractivity contribution in [1.29, 1.82) is 63.1 Å². The molecule has 0 heterocycles. The lowest BCUT2D eigenvalue weighted by Crippen LogP contribution is -2.02. The SMILES string of the molecule is CCOc1ccc(C(C)=C(C#N)C#N)cc1.CCOc1ccc(C=C(C#N)C#N)cc1.[C-]#[N+]/C(C#N)=C(\C)c1ccc(OCCCCC)cc1.[C-]#[N+]/C(C#N)=C(\C)c1ccc(OCCCCOc2ccc(C(C)=C(C#N)C#N)cc2)cc1.[C-]#[N+]/C(C#N)=C/c1ccc(OCCCCC)cc1.[C-]#[N+]/C(C#N)=C/c1ccc(OCCCCOc2ccc(C=C(C#N)C#N)cc2)cc1. The van der Waals surface area contributed by atoms with E-state index in [2.05, 4.69) is 33.2 Å². The van der Waals surface area contributed by atoms with Crippen LogP contribution < -0.4 is 37.9 Å². The van der Waals surface area contributed by atoms with Crippen molar-refractivity contribution in [1.82, 2.24) is 0 Å². The molecule has 0 unspecified atom stereocenters. The van der Waals surface area contributed by atoms with Crippen molar-refractivity contribution in [3.63, 3.8) is 0 Å². The van der Waals surface area contributed by atoms with Gasteiger partial charge in [-0.15, -0.1) is 0 Å². The Labute approximate surface area is 764 Å². The Morgan fingerprint density at radius 2 is 0.454 bits per heavy atom. The number of nitrogens with zero attached hydrogens (tertiary/aromatic N) is 16. The molecule has 8 aromatic rings. The fourth-order valence-electron chi connectivity index (χ4n) is 10.8. The van der Waals surface area contributed by atoms with Crippen LogP contribution >= 0.6 is 0 Å². The fraction of sp³-hybridized carbons (Fsp3) is 0.245. The average molecular weight is 1720 g/mol. The molecule has 24 heteroatoms. The van der Waals surface area contributed by atoms with Gasteiger partial charge in [-0.25, -0.2) is 40.4 Å². The van der Waals surface area contributed by atoms with Crippen LogP contribution in [-0.2, 0) is 0 Å². The summed E-state index contributed by atoms with van der Waals surface area (Å²) in [5, 5.41) is 105. The van der Waals surface area contributed by atoms with Crippen LogP contribution in [0.4, 0.5) is 0 Å². The van der Waals surface area contributed by atoms with Crippen LogP contribution in [0, 0.1) is 162 Å². The van der Waals surface area contributed by atoms with Gasteiger partial charge < -0.3 is 37.9 Å². The molecule has 0 atom stereocenters. The second-order valence-corrected chi connectivity index (χ2v) is 27.1. The minimum Gasteiger partial charge on any atom is -0.494 e. The van der Waals surface area contributed by atoms with E-state index in [0.717, 1.165) is 142 Å². The van der Waals surface area contributed by atoms with Gasteiger partial charge in [0.15, 0.2) is 0 Å². The minimum absolute atomic E-state index is 0.0452. The molecule has 0 aliphatic rings. The third-order valence-electron chi connectivity index (χ3n) is 18.0. The summed E-state index contributed by atoms with van der Waals surface area (Å²) < 4.78 is 44.6. The third-order valence-corrected chi connectivity index (χ3v) is 18.0. The second kappa shape index (κ2) is 64.7. The van der Waals surface area contributed by atoms with Crippen LogP contribution in [0.15, 0.2) is 239 Å². The first kappa shape index (κ1) is 106. The Morgan fingerprint density at radius 3 is 0.638 bits per heavy atom. The molecule has 0 aromatic heterocycles. The van der Waals surface area contributed by atoms with Crippen LogP contribution in [0.1, 0.15) is 164 Å². The van der Waals surface area contributed by atoms with Gasteiger partial charge in [0.2, 0.25) is 0 Å². The summed E-state index contributed by atoms with van der Waals surface area (Å²) in [6, 6.07) is 80.9. The zero-order valence-electron chi connectivity index (χ0n) is 73.9. The van der Waals surface area contributed by atoms with Crippen LogP contribution in [0.3, 0.4) is 0 Å². The zero-order valence-corrected chi connectivity index (χ0v) is 73.9. The molecule has 0 amide bonds. The predicted molar refractivity (Wildman–Crippen MR) is 500 cm³/mol. The molecule has 8 aromatic carbocycles. The monoisotopic (exact) mass is 1720 g/mol. The molecular formula is C106H96N16O8. The summed E-state index contributed by atoms with van der Waals surface area (Å²) in [6.07, 6.45) is 16.3. The molecule has 0 N–H and O–H groups in total. The summed E-state index contributed by atoms with van der Waals surface area (Å²) in [5.74, 6) is 6.14. The lowest BCUT2D eigenvalue weighted by atomic mass is 10.0. The van der Waals surface area contributed by atoms with Gasteiger partial charge in [-0.2, -0.15) is 42.1 Å². The standard InChI is InChI=1S/C26H22N4O2.C24H18N4O2.C16H18N2O.C15H16N2O.C13H12N2O.C12H10N2O/c1-19(23(16-27)17-28)21-6-10-24(11-7-21)31-14-4-5-15-32-25-12-8-22(9-13-25)20(2)26(18-29)30-3;1-28-22(18-27)15-20-6-10-24(11-7-20)30-13-3-2-12-29-23-8-4-19(5-9-23)14-21(16-25)17-26;1-4-5-6-11-19-15-9-7-14(8-10-15)13(2)16(12-17)18-3;1-3-4-5-10-18-15-8-6-13(7-9-15)11-14(12-16)17-2;1-3-16-13-6-4-11(5-7-13)10(2)12(8-14)9-15;1-2-15-12-5-3-10(4-6-12)7-11(8-13)9-14/h6-13H,4-5,14-15H2,1-2H3;4-11,14-15H,2-3,12-13H2;7-10H,4-6,11H2,1-2H3;6-9,11H,3-5,10H2,1H3;4-7H,3H2,1-2H3;3-7H,2H2,1H3/b26-20+;22-15+;16-13+;14-11+;;. The highest BCUT2D eigenvalue weighted by atomic mass is 16.5. The Balaban J connectivity index is 0.000000412. The van der Waals surface area contributed by atoms with E-state index < -0.39 is 0 Å². The van der Waals surface area contributed by atoms with Crippen LogP contribution in [-0.4, -0.2) is 52.9 Å². The summed E-state index contributed by atoms with van der Waals surface area (Å²) in [6.45, 7) is 47.7. The Kier molecular flexibility index (Phi) is 52.8. The van der Waals surface area contributed by atoms with Gasteiger partial charge in [0.1, 0.15) is 117 Å². The quantitative estimate of drug-likeness (QED) is 0.0200. The highest BCUT2D eigenvalue weighted by molar-refractivity contribution is 5.76. The minimum atomic E-state index is 0.0452. The van der Waals surface area contributed by atoms with E-state index in [4.69, 9.17) is 127 Å². The van der Waals surface area contributed by atoms with Crippen LogP contribution in [0.5, 0.6) is 46.0 Å². The summed E-state index contributed by atoms with van der Waals surface area (Å²) in [5.41, 5.74) is 10.1. The Hall–Kier alpha value is -18.1. The van der Waals surface area contributed by atoms with E-state index in [1.165, 1.54) is 43.9 Å². The normalized spacial score (nSPS) is 10.0. The van der Waals surface area contributed by atoms with Crippen LogP contribution in [0.25, 0.3) is 66.0 Å². The molecule has 0 fully saturated rings. The van der Waals surface area contributed by atoms with E-state index in [9.17, 15) is 0 Å². The fourth-order valence-corrected chi connectivity index (χ4v) is 10.8. The molecule has 130 heavy (non-hydrogen) atoms. The van der Waals surface area contributed by atoms with E-state index in [-0.39, 0.29) is 45.1 Å². The summed E-state index contributed by atoms with van der Waals surface area (Å²) in [7, 11) is 0. The van der Waals surface area contributed by atoms with Gasteiger partial charge in [-0.05, 0) is 268 Å². The van der Waals surface area contributed by atoms with Crippen molar-refractivity contribution in [2.75, 3.05) is 52.9 Å². The first-order valence-corrected chi connectivity index (χ1v) is 41.1. The van der Waals surface area contributed by atoms with Gasteiger partial charge in [0.05, 0.1) is 103 Å². The Morgan fingerprint density at radius 1 is 0.246 bits per heavy atom. The average Bonchev–Trinajstić information content (AvgIpc) is 0.872. The molecule has 0 saturated carbocycles. The smallest absolute Gasteiger partial charge is 0.265 e. The van der Waals surface area contributed by atoms with E-state index in [1.807, 2.05) is 220 Å². The van der Waals surface area contributed by atoms with Crippen molar-refractivity contribution < 1.29 is 37.9 Å². The predicted octanol–water partition coefficient (Wildman–Crippen LogP) is 24.9. The van der Waals surface area contributed by atoms with Crippen molar-refractivity contribution in [3.8, 4) is 119 Å².